The summed E-state index contributed by atoms with van der Waals surface area (Å²) in [4.78, 5) is 0. The summed E-state index contributed by atoms with van der Waals surface area (Å²) in [6.07, 6.45) is 1.67. The molecular weight excluding hydrogens is 210 g/mol. The summed E-state index contributed by atoms with van der Waals surface area (Å²) in [5, 5.41) is 10.8. The number of para-hydroxylation sites is 1. The van der Waals surface area contributed by atoms with Gasteiger partial charge in [0.15, 0.2) is 0 Å². The van der Waals surface area contributed by atoms with Gasteiger partial charge in [0, 0.05) is 23.6 Å². The third-order valence-corrected chi connectivity index (χ3v) is 3.44. The largest absolute Gasteiger partial charge is 0.389 e. The molecule has 0 saturated heterocycles. The van der Waals surface area contributed by atoms with Crippen molar-refractivity contribution < 1.29 is 5.11 Å². The van der Waals surface area contributed by atoms with Crippen molar-refractivity contribution in [3.8, 4) is 0 Å². The maximum atomic E-state index is 9.56. The number of hydrogen-bond donors (Lipinski definition) is 1. The van der Waals surface area contributed by atoms with Gasteiger partial charge in [-0.1, -0.05) is 18.2 Å². The number of fused-ring (bicyclic) bond motifs is 1. The monoisotopic (exact) mass is 229 g/mol. The van der Waals surface area contributed by atoms with E-state index in [-0.39, 0.29) is 0 Å². The zero-order chi connectivity index (χ0) is 12.6. The minimum absolute atomic E-state index is 0.396. The molecule has 0 bridgehead atoms. The van der Waals surface area contributed by atoms with Gasteiger partial charge in [-0.15, -0.1) is 0 Å². The molecule has 1 aromatic carbocycles. The summed E-state index contributed by atoms with van der Waals surface area (Å²) in [5.74, 6) is 0. The van der Waals surface area contributed by atoms with Crippen molar-refractivity contribution in [2.24, 2.45) is 7.05 Å². The Morgan fingerprint density at radius 2 is 2.00 bits per heavy atom. The molecule has 17 heavy (non-hydrogen) atoms. The highest BCUT2D eigenvalue weighted by Crippen LogP contribution is 2.26. The molecule has 90 valence electrons. The lowest BCUT2D eigenvalue weighted by Gasteiger charge is -2.06. The molecule has 2 rings (SSSR count). The zero-order valence-corrected chi connectivity index (χ0v) is 10.9. The molecule has 0 spiro atoms. The third kappa shape index (κ3) is 2.01. The van der Waals surface area contributed by atoms with Crippen molar-refractivity contribution >= 4 is 17.0 Å². The van der Waals surface area contributed by atoms with E-state index in [2.05, 4.69) is 48.9 Å². The molecule has 1 aromatic heterocycles. The number of aliphatic hydroxyl groups excluding tert-OH is 1. The molecule has 2 nitrogen and oxygen atoms in total. The molecule has 0 aliphatic rings. The minimum atomic E-state index is -0.396. The molecule has 1 heterocycles. The van der Waals surface area contributed by atoms with E-state index in [4.69, 9.17) is 0 Å². The van der Waals surface area contributed by atoms with Gasteiger partial charge in [-0.25, -0.2) is 0 Å². The van der Waals surface area contributed by atoms with E-state index in [0.717, 1.165) is 5.57 Å². The summed E-state index contributed by atoms with van der Waals surface area (Å²) < 4.78 is 2.18. The van der Waals surface area contributed by atoms with Crippen LogP contribution in [0.15, 0.2) is 29.8 Å². The van der Waals surface area contributed by atoms with Crippen molar-refractivity contribution in [3.05, 3.63) is 41.1 Å². The lowest BCUT2D eigenvalue weighted by molar-refractivity contribution is 0.232. The normalized spacial score (nSPS) is 14.3. The highest BCUT2D eigenvalue weighted by molar-refractivity contribution is 5.88. The summed E-state index contributed by atoms with van der Waals surface area (Å²) in [6, 6.07) is 8.37. The number of benzene rings is 1. The van der Waals surface area contributed by atoms with E-state index in [9.17, 15) is 5.11 Å². The van der Waals surface area contributed by atoms with Gasteiger partial charge < -0.3 is 9.67 Å². The van der Waals surface area contributed by atoms with Gasteiger partial charge in [0.25, 0.3) is 0 Å². The molecule has 0 amide bonds. The third-order valence-electron chi connectivity index (χ3n) is 3.44. The fourth-order valence-corrected chi connectivity index (χ4v) is 2.14. The highest BCUT2D eigenvalue weighted by atomic mass is 16.3. The Morgan fingerprint density at radius 1 is 1.35 bits per heavy atom. The Morgan fingerprint density at radius 3 is 2.59 bits per heavy atom. The molecule has 1 atom stereocenters. The molecule has 2 aromatic rings. The Labute approximate surface area is 102 Å². The molecule has 0 aliphatic carbocycles. The molecule has 2 heteroatoms. The van der Waals surface area contributed by atoms with Gasteiger partial charge in [0.1, 0.15) is 0 Å². The standard InChI is InChI=1S/C15H19NO/c1-10(12(3)17)9-15-11(2)13-7-5-6-8-14(13)16(15)4/h5-9,12,17H,1-4H3/b10-9+. The number of aryl methyl sites for hydroxylation is 2. The second-order valence-electron chi connectivity index (χ2n) is 4.65. The molecular formula is C15H19NO. The molecule has 0 aliphatic heterocycles. The smallest absolute Gasteiger partial charge is 0.0723 e. The maximum Gasteiger partial charge on any atom is 0.0723 e. The van der Waals surface area contributed by atoms with Gasteiger partial charge in [-0.05, 0) is 44.1 Å². The van der Waals surface area contributed by atoms with Crippen molar-refractivity contribution in [1.82, 2.24) is 4.57 Å². The fourth-order valence-electron chi connectivity index (χ4n) is 2.14. The topological polar surface area (TPSA) is 25.2 Å². The first-order valence-corrected chi connectivity index (χ1v) is 5.92. The van der Waals surface area contributed by atoms with Crippen LogP contribution in [0.25, 0.3) is 17.0 Å². The second kappa shape index (κ2) is 4.38. The number of aliphatic hydroxyl groups is 1. The van der Waals surface area contributed by atoms with Crippen LogP contribution in [0.1, 0.15) is 25.1 Å². The van der Waals surface area contributed by atoms with E-state index in [1.165, 1.54) is 22.2 Å². The molecule has 0 saturated carbocycles. The first-order chi connectivity index (χ1) is 8.02. The van der Waals surface area contributed by atoms with Gasteiger partial charge in [-0.2, -0.15) is 0 Å². The Hall–Kier alpha value is -1.54. The predicted molar refractivity (Wildman–Crippen MR) is 73.0 cm³/mol. The summed E-state index contributed by atoms with van der Waals surface area (Å²) in [5.41, 5.74) is 4.65. The van der Waals surface area contributed by atoms with E-state index in [1.54, 1.807) is 6.92 Å². The van der Waals surface area contributed by atoms with Crippen LogP contribution in [0.5, 0.6) is 0 Å². The van der Waals surface area contributed by atoms with Crippen molar-refractivity contribution in [1.29, 1.82) is 0 Å². The van der Waals surface area contributed by atoms with Crippen molar-refractivity contribution in [2.45, 2.75) is 26.9 Å². The maximum absolute atomic E-state index is 9.56. The second-order valence-corrected chi connectivity index (χ2v) is 4.65. The van der Waals surface area contributed by atoms with Crippen LogP contribution in [0.4, 0.5) is 0 Å². The Bertz CT molecular complexity index is 537. The quantitative estimate of drug-likeness (QED) is 0.840. The molecule has 0 fully saturated rings. The van der Waals surface area contributed by atoms with Crippen molar-refractivity contribution in [3.63, 3.8) is 0 Å². The van der Waals surface area contributed by atoms with Crippen LogP contribution >= 0.6 is 0 Å². The Balaban J connectivity index is 2.67. The fraction of sp³-hybridized carbons (Fsp3) is 0.333. The van der Waals surface area contributed by atoms with Crippen molar-refractivity contribution in [2.75, 3.05) is 0 Å². The lowest BCUT2D eigenvalue weighted by atomic mass is 10.1. The SMILES string of the molecule is C/C(=C\c1c(C)c2ccccc2n1C)C(C)O. The zero-order valence-electron chi connectivity index (χ0n) is 10.9. The van der Waals surface area contributed by atoms with Crippen LogP contribution in [-0.2, 0) is 7.05 Å². The van der Waals surface area contributed by atoms with Crippen LogP contribution in [0.2, 0.25) is 0 Å². The summed E-state index contributed by atoms with van der Waals surface area (Å²) in [7, 11) is 2.07. The average molecular weight is 229 g/mol. The first-order valence-electron chi connectivity index (χ1n) is 5.92. The highest BCUT2D eigenvalue weighted by Gasteiger charge is 2.10. The predicted octanol–water partition coefficient (Wildman–Crippen LogP) is 3.27. The number of nitrogens with zero attached hydrogens (tertiary/aromatic N) is 1. The van der Waals surface area contributed by atoms with E-state index < -0.39 is 6.10 Å². The van der Waals surface area contributed by atoms with Gasteiger partial charge in [0.2, 0.25) is 0 Å². The minimum Gasteiger partial charge on any atom is -0.389 e. The van der Waals surface area contributed by atoms with Crippen LogP contribution in [-0.4, -0.2) is 15.8 Å². The average Bonchev–Trinajstić information content (AvgIpc) is 2.55. The van der Waals surface area contributed by atoms with Gasteiger partial charge in [-0.3, -0.25) is 0 Å². The number of aromatic nitrogens is 1. The van der Waals surface area contributed by atoms with E-state index in [1.807, 2.05) is 6.92 Å². The van der Waals surface area contributed by atoms with E-state index >= 15 is 0 Å². The summed E-state index contributed by atoms with van der Waals surface area (Å²) >= 11 is 0. The van der Waals surface area contributed by atoms with Gasteiger partial charge in [0.05, 0.1) is 6.10 Å². The molecule has 1 N–H and O–H groups in total. The summed E-state index contributed by atoms with van der Waals surface area (Å²) in [6.45, 7) is 5.88. The first kappa shape index (κ1) is 11.9. The molecule has 0 radical (unpaired) electrons. The van der Waals surface area contributed by atoms with Crippen LogP contribution < -0.4 is 0 Å². The molecule has 1 unspecified atom stereocenters. The lowest BCUT2D eigenvalue weighted by Crippen LogP contribution is -2.02. The van der Waals surface area contributed by atoms with Gasteiger partial charge >= 0.3 is 0 Å². The van der Waals surface area contributed by atoms with Crippen LogP contribution in [0.3, 0.4) is 0 Å². The number of hydrogen-bond acceptors (Lipinski definition) is 1. The van der Waals surface area contributed by atoms with Crippen LogP contribution in [0, 0.1) is 6.92 Å². The Kier molecular flexibility index (Phi) is 3.07. The van der Waals surface area contributed by atoms with E-state index in [0.29, 0.717) is 0 Å². The number of rotatable bonds is 2.